The van der Waals surface area contributed by atoms with Crippen LogP contribution in [0, 0.1) is 6.92 Å². The molecule has 9 heteroatoms. The zero-order valence-electron chi connectivity index (χ0n) is 18.2. The van der Waals surface area contributed by atoms with Gasteiger partial charge in [0.05, 0.1) is 19.6 Å². The van der Waals surface area contributed by atoms with Crippen molar-refractivity contribution in [3.8, 4) is 22.9 Å². The highest BCUT2D eigenvalue weighted by molar-refractivity contribution is 7.20. The molecule has 3 aromatic heterocycles. The number of aryl methyl sites for hydroxylation is 1. The monoisotopic (exact) mass is 460 g/mol. The lowest BCUT2D eigenvalue weighted by atomic mass is 10.1. The summed E-state index contributed by atoms with van der Waals surface area (Å²) in [4.78, 5) is 22.5. The molecule has 3 heterocycles. The number of fused-ring (bicyclic) bond motifs is 3. The van der Waals surface area contributed by atoms with Gasteiger partial charge in [-0.25, -0.2) is 19.3 Å². The van der Waals surface area contributed by atoms with E-state index in [0.717, 1.165) is 38.4 Å². The van der Waals surface area contributed by atoms with Crippen LogP contribution in [-0.2, 0) is 11.3 Å². The number of benzene rings is 2. The van der Waals surface area contributed by atoms with Crippen LogP contribution in [0.4, 0.5) is 0 Å². The van der Waals surface area contributed by atoms with E-state index < -0.39 is 0 Å². The Labute approximate surface area is 193 Å². The van der Waals surface area contributed by atoms with E-state index in [1.54, 1.807) is 18.0 Å². The van der Waals surface area contributed by atoms with Gasteiger partial charge in [0.2, 0.25) is 0 Å². The predicted molar refractivity (Wildman–Crippen MR) is 125 cm³/mol. The molecule has 0 radical (unpaired) electrons. The number of rotatable bonds is 6. The van der Waals surface area contributed by atoms with Gasteiger partial charge < -0.3 is 14.2 Å². The van der Waals surface area contributed by atoms with Crippen molar-refractivity contribution in [2.45, 2.75) is 13.5 Å². The maximum atomic E-state index is 12.1. The van der Waals surface area contributed by atoms with Gasteiger partial charge in [-0.2, -0.15) is 0 Å². The van der Waals surface area contributed by atoms with E-state index in [4.69, 9.17) is 19.2 Å². The Bertz CT molecular complexity index is 1460. The fourth-order valence-electron chi connectivity index (χ4n) is 3.53. The number of thiophene rings is 1. The Hall–Kier alpha value is -3.98. The largest absolute Gasteiger partial charge is 0.497 e. The molecule has 0 atom stereocenters. The van der Waals surface area contributed by atoms with Gasteiger partial charge in [-0.1, -0.05) is 24.3 Å². The summed E-state index contributed by atoms with van der Waals surface area (Å²) in [5, 5.41) is 5.39. The predicted octanol–water partition coefficient (Wildman–Crippen LogP) is 4.69. The van der Waals surface area contributed by atoms with Gasteiger partial charge in [-0.05, 0) is 42.3 Å². The number of esters is 1. The third-order valence-electron chi connectivity index (χ3n) is 5.32. The van der Waals surface area contributed by atoms with Crippen LogP contribution in [0.1, 0.15) is 20.8 Å². The highest BCUT2D eigenvalue weighted by atomic mass is 32.1. The summed E-state index contributed by atoms with van der Waals surface area (Å²) in [7, 11) is 3.01. The smallest absolute Gasteiger partial charge is 0.348 e. The molecule has 0 saturated heterocycles. The molecule has 2 aromatic carbocycles. The van der Waals surface area contributed by atoms with Crippen LogP contribution in [0.5, 0.6) is 11.5 Å². The quantitative estimate of drug-likeness (QED) is 0.340. The summed E-state index contributed by atoms with van der Waals surface area (Å²) < 4.78 is 17.5. The molecule has 0 aliphatic carbocycles. The Morgan fingerprint density at radius 1 is 1.03 bits per heavy atom. The van der Waals surface area contributed by atoms with Crippen LogP contribution >= 0.6 is 11.3 Å². The molecule has 0 unspecified atom stereocenters. The Kier molecular flexibility index (Phi) is 5.39. The van der Waals surface area contributed by atoms with E-state index in [0.29, 0.717) is 23.0 Å². The second-order valence-corrected chi connectivity index (χ2v) is 8.34. The molecule has 5 aromatic rings. The zero-order valence-corrected chi connectivity index (χ0v) is 19.0. The van der Waals surface area contributed by atoms with Crippen molar-refractivity contribution in [1.82, 2.24) is 19.6 Å². The summed E-state index contributed by atoms with van der Waals surface area (Å²) in [6.07, 6.45) is 1.61. The van der Waals surface area contributed by atoms with Gasteiger partial charge in [-0.3, -0.25) is 0 Å². The third-order valence-corrected chi connectivity index (χ3v) is 6.50. The maximum absolute atomic E-state index is 12.1. The summed E-state index contributed by atoms with van der Waals surface area (Å²) in [6, 6.07) is 15.4. The number of hydrogen-bond acceptors (Lipinski definition) is 8. The molecule has 0 aliphatic rings. The Balaban J connectivity index is 1.40. The summed E-state index contributed by atoms with van der Waals surface area (Å²) >= 11 is 1.30. The minimum atomic E-state index is -0.374. The maximum Gasteiger partial charge on any atom is 0.348 e. The van der Waals surface area contributed by atoms with Gasteiger partial charge in [-0.15, -0.1) is 16.4 Å². The highest BCUT2D eigenvalue weighted by Gasteiger charge is 2.20. The van der Waals surface area contributed by atoms with Crippen LogP contribution < -0.4 is 9.47 Å². The normalized spacial score (nSPS) is 11.1. The molecule has 0 aliphatic heterocycles. The molecule has 166 valence electrons. The number of hydrogen-bond donors (Lipinski definition) is 0. The molecule has 0 fully saturated rings. The van der Waals surface area contributed by atoms with Crippen molar-refractivity contribution in [2.24, 2.45) is 0 Å². The van der Waals surface area contributed by atoms with Crippen LogP contribution in [0.25, 0.3) is 27.3 Å². The van der Waals surface area contributed by atoms with Gasteiger partial charge in [0, 0.05) is 5.56 Å². The second-order valence-electron chi connectivity index (χ2n) is 7.34. The first-order valence-electron chi connectivity index (χ1n) is 10.2. The fraction of sp³-hybridized carbons (Fsp3) is 0.167. The molecule has 5 rings (SSSR count). The number of ether oxygens (including phenoxy) is 3. The van der Waals surface area contributed by atoms with Crippen molar-refractivity contribution in [1.29, 1.82) is 0 Å². The minimum Gasteiger partial charge on any atom is -0.497 e. The van der Waals surface area contributed by atoms with Gasteiger partial charge in [0.1, 0.15) is 34.1 Å². The van der Waals surface area contributed by atoms with E-state index >= 15 is 0 Å². The molecular formula is C24H20N4O4S. The molecule has 0 saturated carbocycles. The van der Waals surface area contributed by atoms with E-state index in [1.807, 2.05) is 55.5 Å². The summed E-state index contributed by atoms with van der Waals surface area (Å²) in [6.45, 7) is 2.32. The molecule has 0 amide bonds. The van der Waals surface area contributed by atoms with Crippen molar-refractivity contribution < 1.29 is 19.0 Å². The van der Waals surface area contributed by atoms with E-state index in [9.17, 15) is 4.79 Å². The highest BCUT2D eigenvalue weighted by Crippen LogP contribution is 2.33. The van der Waals surface area contributed by atoms with Gasteiger partial charge in [0.25, 0.3) is 0 Å². The van der Waals surface area contributed by atoms with Crippen molar-refractivity contribution in [3.63, 3.8) is 0 Å². The van der Waals surface area contributed by atoms with Gasteiger partial charge in [0.15, 0.2) is 11.5 Å². The third kappa shape index (κ3) is 3.87. The van der Waals surface area contributed by atoms with E-state index in [-0.39, 0.29) is 5.97 Å². The molecule has 33 heavy (non-hydrogen) atoms. The lowest BCUT2D eigenvalue weighted by molar-refractivity contribution is 0.0605. The SMILES string of the molecule is COC(=O)c1sc2ncn3nc(-c4ccc(COc5ccc(OC)cc5)cc4)nc3c2c1C. The zero-order chi connectivity index (χ0) is 22.9. The number of aromatic nitrogens is 4. The summed E-state index contributed by atoms with van der Waals surface area (Å²) in [5.74, 6) is 1.77. The van der Waals surface area contributed by atoms with Crippen LogP contribution in [0.15, 0.2) is 54.9 Å². The Morgan fingerprint density at radius 2 is 1.76 bits per heavy atom. The average Bonchev–Trinajstić information content (AvgIpc) is 3.44. The number of methoxy groups -OCH3 is 2. The first-order chi connectivity index (χ1) is 16.1. The Morgan fingerprint density at radius 3 is 2.45 bits per heavy atom. The average molecular weight is 461 g/mol. The second kappa shape index (κ2) is 8.51. The van der Waals surface area contributed by atoms with Crippen LogP contribution in [0.2, 0.25) is 0 Å². The lowest BCUT2D eigenvalue weighted by Crippen LogP contribution is -1.99. The molecule has 0 N–H and O–H groups in total. The number of nitrogens with zero attached hydrogens (tertiary/aromatic N) is 4. The summed E-state index contributed by atoms with van der Waals surface area (Å²) in [5.41, 5.74) is 3.36. The lowest BCUT2D eigenvalue weighted by Gasteiger charge is -2.07. The standard InChI is InChI=1S/C24H20N4O4S/c1-14-19-22-26-21(27-28(22)13-25-23(19)33-20(14)24(29)31-3)16-6-4-15(5-7-16)12-32-18-10-8-17(30-2)9-11-18/h4-11,13H,12H2,1-3H3. The van der Waals surface area contributed by atoms with E-state index in [1.165, 1.54) is 18.4 Å². The van der Waals surface area contributed by atoms with Crippen molar-refractivity contribution in [2.75, 3.05) is 14.2 Å². The van der Waals surface area contributed by atoms with E-state index in [2.05, 4.69) is 10.1 Å². The topological polar surface area (TPSA) is 87.8 Å². The van der Waals surface area contributed by atoms with Gasteiger partial charge >= 0.3 is 5.97 Å². The van der Waals surface area contributed by atoms with Crippen LogP contribution in [0.3, 0.4) is 0 Å². The first kappa shape index (κ1) is 20.9. The molecular weight excluding hydrogens is 440 g/mol. The number of carbonyl (C=O) groups is 1. The fourth-order valence-corrected chi connectivity index (χ4v) is 4.59. The minimum absolute atomic E-state index is 0.374. The van der Waals surface area contributed by atoms with Crippen LogP contribution in [-0.4, -0.2) is 39.8 Å². The molecule has 0 spiro atoms. The molecule has 0 bridgehead atoms. The van der Waals surface area contributed by atoms with Crippen molar-refractivity contribution >= 4 is 33.2 Å². The van der Waals surface area contributed by atoms with Crippen molar-refractivity contribution in [3.05, 3.63) is 70.9 Å². The first-order valence-corrected chi connectivity index (χ1v) is 11.0. The number of carbonyl (C=O) groups excluding carboxylic acids is 1. The molecule has 8 nitrogen and oxygen atoms in total.